The van der Waals surface area contributed by atoms with E-state index >= 15 is 0 Å². The van der Waals surface area contributed by atoms with Gasteiger partial charge in [0, 0.05) is 24.1 Å². The quantitative estimate of drug-likeness (QED) is 0.852. The van der Waals surface area contributed by atoms with E-state index in [1.807, 2.05) is 58.3 Å². The van der Waals surface area contributed by atoms with Crippen molar-refractivity contribution in [3.8, 4) is 0 Å². The highest BCUT2D eigenvalue weighted by Gasteiger charge is 2.56. The Bertz CT molecular complexity index is 938. The molecule has 0 spiro atoms. The zero-order valence-electron chi connectivity index (χ0n) is 17.1. The molecule has 0 bridgehead atoms. The van der Waals surface area contributed by atoms with Crippen molar-refractivity contribution in [2.75, 3.05) is 18.1 Å². The number of aliphatic hydroxyl groups is 1. The molecule has 156 valence electrons. The van der Waals surface area contributed by atoms with Crippen molar-refractivity contribution in [3.63, 3.8) is 0 Å². The monoisotopic (exact) mass is 404 g/mol. The molecule has 5 rings (SSSR count). The molecule has 30 heavy (non-hydrogen) atoms. The van der Waals surface area contributed by atoms with Crippen molar-refractivity contribution in [1.82, 2.24) is 4.90 Å². The van der Waals surface area contributed by atoms with Crippen molar-refractivity contribution in [1.29, 1.82) is 0 Å². The number of carbonyl (C=O) groups is 2. The summed E-state index contributed by atoms with van der Waals surface area (Å²) >= 11 is 0. The number of amides is 2. The van der Waals surface area contributed by atoms with Crippen molar-refractivity contribution >= 4 is 17.5 Å². The first-order valence-corrected chi connectivity index (χ1v) is 11.1. The average molecular weight is 405 g/mol. The molecule has 1 saturated carbocycles. The molecular weight excluding hydrogens is 376 g/mol. The van der Waals surface area contributed by atoms with E-state index in [2.05, 4.69) is 6.07 Å². The molecule has 5 nitrogen and oxygen atoms in total. The van der Waals surface area contributed by atoms with Crippen LogP contribution in [0, 0.1) is 5.92 Å². The first kappa shape index (κ1) is 19.3. The number of fused-ring (bicyclic) bond motifs is 3. The Balaban J connectivity index is 1.45. The SMILES string of the molecule is O=C(Cc1ccccc1)N1C[C@H]2[C@@H](c3ccccc31)[C@H](CO)N2C(=O)C1CCCC1. The molecule has 1 saturated heterocycles. The summed E-state index contributed by atoms with van der Waals surface area (Å²) in [4.78, 5) is 30.3. The molecule has 2 fully saturated rings. The Kier molecular flexibility index (Phi) is 5.07. The highest BCUT2D eigenvalue weighted by Crippen LogP contribution is 2.49. The lowest BCUT2D eigenvalue weighted by Gasteiger charge is -2.59. The standard InChI is InChI=1S/C25H28N2O3/c28-16-22-24-19-12-6-7-13-20(19)26(23(29)14-17-8-2-1-3-9-17)15-21(24)27(22)25(30)18-10-4-5-11-18/h1-3,6-9,12-13,18,21-22,24,28H,4-5,10-11,14-16H2/t21-,22-,24+/m0/s1. The molecule has 1 aliphatic carbocycles. The Morgan fingerprint density at radius 2 is 1.67 bits per heavy atom. The van der Waals surface area contributed by atoms with Gasteiger partial charge in [0.2, 0.25) is 11.8 Å². The van der Waals surface area contributed by atoms with E-state index in [0.717, 1.165) is 42.5 Å². The number of aliphatic hydroxyl groups excluding tert-OH is 1. The van der Waals surface area contributed by atoms with Crippen LogP contribution < -0.4 is 4.90 Å². The Morgan fingerprint density at radius 1 is 0.967 bits per heavy atom. The molecular formula is C25H28N2O3. The number of nitrogens with zero attached hydrogens (tertiary/aromatic N) is 2. The summed E-state index contributed by atoms with van der Waals surface area (Å²) in [6, 6.07) is 17.5. The van der Waals surface area contributed by atoms with Gasteiger partial charge in [0.05, 0.1) is 25.1 Å². The lowest BCUT2D eigenvalue weighted by molar-refractivity contribution is -0.155. The molecule has 3 aliphatic rings. The van der Waals surface area contributed by atoms with Gasteiger partial charge in [-0.1, -0.05) is 61.4 Å². The second-order valence-corrected chi connectivity index (χ2v) is 8.80. The van der Waals surface area contributed by atoms with Crippen LogP contribution in [-0.2, 0) is 16.0 Å². The second kappa shape index (κ2) is 7.88. The zero-order chi connectivity index (χ0) is 20.7. The summed E-state index contributed by atoms with van der Waals surface area (Å²) in [6.45, 7) is 0.466. The van der Waals surface area contributed by atoms with Gasteiger partial charge in [0.1, 0.15) is 0 Å². The lowest BCUT2D eigenvalue weighted by Crippen LogP contribution is -2.71. The molecule has 2 aliphatic heterocycles. The molecule has 2 amide bonds. The van der Waals surface area contributed by atoms with Crippen molar-refractivity contribution in [3.05, 3.63) is 65.7 Å². The third-order valence-corrected chi connectivity index (χ3v) is 7.15. The Labute approximate surface area is 177 Å². The van der Waals surface area contributed by atoms with Crippen molar-refractivity contribution in [2.45, 2.75) is 50.1 Å². The minimum atomic E-state index is -0.185. The van der Waals surface area contributed by atoms with Crippen molar-refractivity contribution in [2.24, 2.45) is 5.92 Å². The van der Waals surface area contributed by atoms with Crippen LogP contribution in [0.4, 0.5) is 5.69 Å². The minimum Gasteiger partial charge on any atom is -0.394 e. The van der Waals surface area contributed by atoms with Crippen LogP contribution in [-0.4, -0.2) is 47.1 Å². The third-order valence-electron chi connectivity index (χ3n) is 7.15. The topological polar surface area (TPSA) is 60.9 Å². The molecule has 5 heteroatoms. The number of rotatable bonds is 4. The average Bonchev–Trinajstić information content (AvgIpc) is 3.30. The van der Waals surface area contributed by atoms with E-state index in [1.54, 1.807) is 0 Å². The molecule has 0 aromatic heterocycles. The fourth-order valence-electron chi connectivity index (χ4n) is 5.68. The van der Waals surface area contributed by atoms with Gasteiger partial charge in [0.25, 0.3) is 0 Å². The van der Waals surface area contributed by atoms with Crippen LogP contribution in [0.2, 0.25) is 0 Å². The van der Waals surface area contributed by atoms with E-state index in [1.165, 1.54) is 0 Å². The van der Waals surface area contributed by atoms with E-state index in [9.17, 15) is 14.7 Å². The van der Waals surface area contributed by atoms with Gasteiger partial charge < -0.3 is 14.9 Å². The maximum absolute atomic E-state index is 13.3. The molecule has 1 N–H and O–H groups in total. The van der Waals surface area contributed by atoms with Crippen LogP contribution in [0.15, 0.2) is 54.6 Å². The maximum Gasteiger partial charge on any atom is 0.231 e. The zero-order valence-corrected chi connectivity index (χ0v) is 17.1. The molecule has 2 aromatic carbocycles. The summed E-state index contributed by atoms with van der Waals surface area (Å²) in [6.07, 6.45) is 4.43. The minimum absolute atomic E-state index is 0.0358. The van der Waals surface area contributed by atoms with Crippen LogP contribution in [0.3, 0.4) is 0 Å². The smallest absolute Gasteiger partial charge is 0.231 e. The second-order valence-electron chi connectivity index (χ2n) is 8.80. The van der Waals surface area contributed by atoms with Crippen LogP contribution in [0.1, 0.15) is 42.7 Å². The lowest BCUT2D eigenvalue weighted by atomic mass is 9.71. The molecule has 3 atom stereocenters. The number of benzene rings is 2. The van der Waals surface area contributed by atoms with Gasteiger partial charge in [-0.05, 0) is 30.0 Å². The van der Waals surface area contributed by atoms with Gasteiger partial charge in [-0.2, -0.15) is 0 Å². The number of likely N-dealkylation sites (tertiary alicyclic amines) is 1. The van der Waals surface area contributed by atoms with Crippen LogP contribution in [0.25, 0.3) is 0 Å². The number of hydrogen-bond donors (Lipinski definition) is 1. The van der Waals surface area contributed by atoms with Crippen LogP contribution >= 0.6 is 0 Å². The molecule has 2 heterocycles. The summed E-state index contributed by atoms with van der Waals surface area (Å²) in [5, 5.41) is 10.1. The largest absolute Gasteiger partial charge is 0.394 e. The number of anilines is 1. The van der Waals surface area contributed by atoms with Gasteiger partial charge in [-0.25, -0.2) is 0 Å². The van der Waals surface area contributed by atoms with Gasteiger partial charge in [-0.3, -0.25) is 9.59 Å². The third kappa shape index (κ3) is 3.12. The molecule has 0 radical (unpaired) electrons. The van der Waals surface area contributed by atoms with Gasteiger partial charge in [0.15, 0.2) is 0 Å². The summed E-state index contributed by atoms with van der Waals surface area (Å²) in [5.41, 5.74) is 2.98. The fourth-order valence-corrected chi connectivity index (χ4v) is 5.68. The normalized spacial score (nSPS) is 25.4. The highest BCUT2D eigenvalue weighted by molar-refractivity contribution is 5.97. The van der Waals surface area contributed by atoms with E-state index in [4.69, 9.17) is 0 Å². The fraction of sp³-hybridized carbons (Fsp3) is 0.440. The van der Waals surface area contributed by atoms with E-state index in [-0.39, 0.29) is 42.3 Å². The summed E-state index contributed by atoms with van der Waals surface area (Å²) < 4.78 is 0. The number of para-hydroxylation sites is 1. The van der Waals surface area contributed by atoms with Crippen molar-refractivity contribution < 1.29 is 14.7 Å². The predicted octanol–water partition coefficient (Wildman–Crippen LogP) is 3.12. The Hall–Kier alpha value is -2.66. The molecule has 2 aromatic rings. The predicted molar refractivity (Wildman–Crippen MR) is 115 cm³/mol. The van der Waals surface area contributed by atoms with Gasteiger partial charge >= 0.3 is 0 Å². The maximum atomic E-state index is 13.3. The van der Waals surface area contributed by atoms with E-state index in [0.29, 0.717) is 13.0 Å². The van der Waals surface area contributed by atoms with Gasteiger partial charge in [-0.15, -0.1) is 0 Å². The summed E-state index contributed by atoms with van der Waals surface area (Å²) in [7, 11) is 0. The Morgan fingerprint density at radius 3 is 2.40 bits per heavy atom. The van der Waals surface area contributed by atoms with Crippen LogP contribution in [0.5, 0.6) is 0 Å². The summed E-state index contributed by atoms with van der Waals surface area (Å²) in [5.74, 6) is 0.387. The number of hydrogen-bond acceptors (Lipinski definition) is 3. The first-order valence-electron chi connectivity index (χ1n) is 11.1. The van der Waals surface area contributed by atoms with E-state index < -0.39 is 0 Å². The highest BCUT2D eigenvalue weighted by atomic mass is 16.3. The number of carbonyl (C=O) groups excluding carboxylic acids is 2. The molecule has 0 unspecified atom stereocenters. The first-order chi connectivity index (χ1) is 14.7.